The molecule has 3 aromatic carbocycles. The van der Waals surface area contributed by atoms with E-state index in [-0.39, 0.29) is 28.7 Å². The Labute approximate surface area is 242 Å². The van der Waals surface area contributed by atoms with Gasteiger partial charge in [0, 0.05) is 24.2 Å². The summed E-state index contributed by atoms with van der Waals surface area (Å²) in [5, 5.41) is 3.05. The lowest BCUT2D eigenvalue weighted by Crippen LogP contribution is -2.49. The Hall–Kier alpha value is -5.24. The molecule has 1 N–H and O–H groups in total. The van der Waals surface area contributed by atoms with Crippen molar-refractivity contribution in [2.75, 3.05) is 19.5 Å². The van der Waals surface area contributed by atoms with Crippen molar-refractivity contribution in [2.45, 2.75) is 17.5 Å². The number of nitrogens with one attached hydrogen (secondary N) is 1. The SMILES string of the molecule is COc1ccc(C(=O)[C@H]2[C@H](C(=O)c3ccccn3)[C@]3(C(=O)Nc4ccccc43)[C@H]3c4ccccc4C=CN23)c(OC)c1. The van der Waals surface area contributed by atoms with Gasteiger partial charge in [-0.15, -0.1) is 0 Å². The Morgan fingerprint density at radius 3 is 2.48 bits per heavy atom. The maximum atomic E-state index is 14.8. The van der Waals surface area contributed by atoms with Crippen molar-refractivity contribution in [3.8, 4) is 11.5 Å². The monoisotopic (exact) mass is 557 g/mol. The predicted octanol–water partition coefficient (Wildman–Crippen LogP) is 5.08. The van der Waals surface area contributed by atoms with Gasteiger partial charge in [-0.25, -0.2) is 0 Å². The Bertz CT molecular complexity index is 1790. The van der Waals surface area contributed by atoms with Gasteiger partial charge in [0.15, 0.2) is 11.6 Å². The third-order valence-corrected chi connectivity index (χ3v) is 8.71. The van der Waals surface area contributed by atoms with Crippen LogP contribution >= 0.6 is 0 Å². The van der Waals surface area contributed by atoms with Gasteiger partial charge in [0.25, 0.3) is 0 Å². The van der Waals surface area contributed by atoms with Crippen molar-refractivity contribution >= 4 is 29.2 Å². The number of anilines is 1. The van der Waals surface area contributed by atoms with Gasteiger partial charge < -0.3 is 19.7 Å². The largest absolute Gasteiger partial charge is 0.497 e. The Morgan fingerprint density at radius 1 is 0.905 bits per heavy atom. The van der Waals surface area contributed by atoms with Gasteiger partial charge in [-0.05, 0) is 53.1 Å². The van der Waals surface area contributed by atoms with Crippen molar-refractivity contribution in [3.05, 3.63) is 125 Å². The van der Waals surface area contributed by atoms with Crippen molar-refractivity contribution < 1.29 is 23.9 Å². The fourth-order valence-corrected chi connectivity index (χ4v) is 7.00. The summed E-state index contributed by atoms with van der Waals surface area (Å²) in [6.07, 6.45) is 5.31. The highest BCUT2D eigenvalue weighted by Gasteiger charge is 2.71. The molecule has 4 aromatic rings. The summed E-state index contributed by atoms with van der Waals surface area (Å²) < 4.78 is 11.0. The zero-order chi connectivity index (χ0) is 29.0. The van der Waals surface area contributed by atoms with E-state index >= 15 is 0 Å². The minimum atomic E-state index is -1.42. The summed E-state index contributed by atoms with van der Waals surface area (Å²) in [7, 11) is 3.02. The summed E-state index contributed by atoms with van der Waals surface area (Å²) >= 11 is 0. The summed E-state index contributed by atoms with van der Waals surface area (Å²) in [6.45, 7) is 0. The first-order valence-electron chi connectivity index (χ1n) is 13.7. The van der Waals surface area contributed by atoms with E-state index in [1.165, 1.54) is 14.2 Å². The molecule has 4 atom stereocenters. The third kappa shape index (κ3) is 3.48. The first-order valence-corrected chi connectivity index (χ1v) is 13.7. The molecule has 0 bridgehead atoms. The molecule has 4 heterocycles. The van der Waals surface area contributed by atoms with Crippen molar-refractivity contribution in [3.63, 3.8) is 0 Å². The van der Waals surface area contributed by atoms with E-state index in [0.717, 1.165) is 11.1 Å². The molecule has 8 nitrogen and oxygen atoms in total. The normalized spacial score (nSPS) is 23.1. The topological polar surface area (TPSA) is 97.8 Å². The number of pyridine rings is 1. The second kappa shape index (κ2) is 9.69. The van der Waals surface area contributed by atoms with E-state index in [2.05, 4.69) is 10.3 Å². The molecular weight excluding hydrogens is 530 g/mol. The van der Waals surface area contributed by atoms with E-state index in [4.69, 9.17) is 9.47 Å². The van der Waals surface area contributed by atoms with Crippen LogP contribution in [0.15, 0.2) is 97.3 Å². The summed E-state index contributed by atoms with van der Waals surface area (Å²) in [6, 6.07) is 23.6. The van der Waals surface area contributed by atoms with Crippen molar-refractivity contribution in [2.24, 2.45) is 5.92 Å². The molecule has 3 aliphatic rings. The molecule has 42 heavy (non-hydrogen) atoms. The van der Waals surface area contributed by atoms with E-state index < -0.39 is 23.4 Å². The quantitative estimate of drug-likeness (QED) is 0.330. The lowest BCUT2D eigenvalue weighted by molar-refractivity contribution is -0.122. The number of nitrogens with zero attached hydrogens (tertiary/aromatic N) is 2. The number of hydrogen-bond donors (Lipinski definition) is 1. The van der Waals surface area contributed by atoms with Gasteiger partial charge >= 0.3 is 0 Å². The maximum Gasteiger partial charge on any atom is 0.238 e. The Kier molecular flexibility index (Phi) is 5.93. The van der Waals surface area contributed by atoms with Crippen LogP contribution in [0.3, 0.4) is 0 Å². The van der Waals surface area contributed by atoms with Gasteiger partial charge in [0.2, 0.25) is 5.91 Å². The molecule has 0 aliphatic carbocycles. The summed E-state index contributed by atoms with van der Waals surface area (Å²) in [5.41, 5.74) is 2.15. The molecule has 1 aromatic heterocycles. The van der Waals surface area contributed by atoms with Gasteiger partial charge in [-0.2, -0.15) is 0 Å². The number of benzene rings is 3. The second-order valence-electron chi connectivity index (χ2n) is 10.6. The maximum absolute atomic E-state index is 14.8. The molecule has 1 spiro atoms. The van der Waals surface area contributed by atoms with Crippen LogP contribution in [0, 0.1) is 5.92 Å². The Morgan fingerprint density at radius 2 is 1.69 bits per heavy atom. The highest BCUT2D eigenvalue weighted by molar-refractivity contribution is 6.16. The molecule has 3 aliphatic heterocycles. The van der Waals surface area contributed by atoms with Crippen molar-refractivity contribution in [1.82, 2.24) is 9.88 Å². The number of aromatic nitrogens is 1. The van der Waals surface area contributed by atoms with Crippen LogP contribution in [0.1, 0.15) is 43.6 Å². The molecule has 208 valence electrons. The minimum absolute atomic E-state index is 0.190. The van der Waals surface area contributed by atoms with Crippen LogP contribution in [0.5, 0.6) is 11.5 Å². The first-order chi connectivity index (χ1) is 20.5. The third-order valence-electron chi connectivity index (χ3n) is 8.71. The van der Waals surface area contributed by atoms with Gasteiger partial charge in [0.1, 0.15) is 28.6 Å². The zero-order valence-electron chi connectivity index (χ0n) is 23.0. The molecule has 0 saturated carbocycles. The van der Waals surface area contributed by atoms with Gasteiger partial charge in [-0.3, -0.25) is 19.4 Å². The number of methoxy groups -OCH3 is 2. The number of carbonyl (C=O) groups excluding carboxylic acids is 3. The molecule has 1 fully saturated rings. The molecular formula is C34H27N3O5. The van der Waals surface area contributed by atoms with E-state index in [9.17, 15) is 14.4 Å². The van der Waals surface area contributed by atoms with Gasteiger partial charge in [-0.1, -0.05) is 48.5 Å². The molecule has 0 unspecified atom stereocenters. The number of ether oxygens (including phenoxy) is 2. The molecule has 7 rings (SSSR count). The fraction of sp³-hybridized carbons (Fsp3) is 0.176. The number of hydrogen-bond acceptors (Lipinski definition) is 7. The smallest absolute Gasteiger partial charge is 0.238 e. The molecule has 0 radical (unpaired) electrons. The number of ketones is 2. The van der Waals surface area contributed by atoms with E-state index in [0.29, 0.717) is 22.7 Å². The second-order valence-corrected chi connectivity index (χ2v) is 10.6. The molecule has 8 heteroatoms. The standard InChI is InChI=1S/C34H27N3O5/c1-41-21-14-15-23(27(19-21)42-2)30(38)29-28(31(39)26-13-7-8-17-35-26)34(24-11-5-6-12-25(24)36-33(34)40)32-22-10-4-3-9-20(22)16-18-37(29)32/h3-19,28-29,32H,1-2H3,(H,36,40)/t28-,29-,32-,34+/m1/s1. The van der Waals surface area contributed by atoms with Crippen LogP contribution < -0.4 is 14.8 Å². The minimum Gasteiger partial charge on any atom is -0.497 e. The van der Waals surface area contributed by atoms with Crippen LogP contribution in [-0.2, 0) is 10.2 Å². The lowest BCUT2D eigenvalue weighted by atomic mass is 9.63. The zero-order valence-corrected chi connectivity index (χ0v) is 23.0. The van der Waals surface area contributed by atoms with Crippen LogP contribution in [0.4, 0.5) is 5.69 Å². The fourth-order valence-electron chi connectivity index (χ4n) is 7.00. The number of carbonyl (C=O) groups is 3. The van der Waals surface area contributed by atoms with Crippen LogP contribution in [0.25, 0.3) is 6.08 Å². The highest BCUT2D eigenvalue weighted by atomic mass is 16.5. The average Bonchev–Trinajstić information content (AvgIpc) is 3.52. The Balaban J connectivity index is 1.53. The number of Topliss-reactive ketones (excluding diaryl/α,β-unsaturated/α-hetero) is 2. The molecule has 1 amide bonds. The van der Waals surface area contributed by atoms with E-state index in [1.54, 1.807) is 42.6 Å². The highest BCUT2D eigenvalue weighted by Crippen LogP contribution is 2.62. The summed E-state index contributed by atoms with van der Waals surface area (Å²) in [4.78, 5) is 50.3. The predicted molar refractivity (Wildman–Crippen MR) is 157 cm³/mol. The van der Waals surface area contributed by atoms with Gasteiger partial charge in [0.05, 0.1) is 31.7 Å². The average molecular weight is 558 g/mol. The van der Waals surface area contributed by atoms with Crippen LogP contribution in [-0.4, -0.2) is 47.6 Å². The number of amides is 1. The van der Waals surface area contributed by atoms with Crippen LogP contribution in [0.2, 0.25) is 0 Å². The lowest BCUT2D eigenvalue weighted by Gasteiger charge is -2.38. The number of para-hydroxylation sites is 1. The van der Waals surface area contributed by atoms with E-state index in [1.807, 2.05) is 65.7 Å². The molecule has 1 saturated heterocycles. The van der Waals surface area contributed by atoms with Crippen molar-refractivity contribution in [1.29, 1.82) is 0 Å². The number of rotatable bonds is 6. The number of fused-ring (bicyclic) bond motifs is 6. The first kappa shape index (κ1) is 25.7. The summed E-state index contributed by atoms with van der Waals surface area (Å²) in [5.74, 6) is -1.31.